The Morgan fingerprint density at radius 2 is 1.62 bits per heavy atom. The number of hydrogen-bond donors (Lipinski definition) is 0. The molecule has 0 amide bonds. The van der Waals surface area contributed by atoms with E-state index in [4.69, 9.17) is 4.42 Å². The van der Waals surface area contributed by atoms with Gasteiger partial charge in [-0.3, -0.25) is 4.90 Å². The SMILES string of the molecule is O=S(=O)(N1CCCCC1)N1CCN(Cc2ccco2)CC1. The highest BCUT2D eigenvalue weighted by molar-refractivity contribution is 7.86. The largest absolute Gasteiger partial charge is 0.468 e. The molecule has 0 bridgehead atoms. The highest BCUT2D eigenvalue weighted by Gasteiger charge is 2.32. The third-order valence-corrected chi connectivity index (χ3v) is 6.29. The van der Waals surface area contributed by atoms with Crippen LogP contribution in [0.3, 0.4) is 0 Å². The van der Waals surface area contributed by atoms with Crippen molar-refractivity contribution in [3.63, 3.8) is 0 Å². The van der Waals surface area contributed by atoms with Gasteiger partial charge in [-0.2, -0.15) is 17.0 Å². The van der Waals surface area contributed by atoms with Crippen LogP contribution >= 0.6 is 0 Å². The molecule has 2 fully saturated rings. The average molecular weight is 313 g/mol. The molecule has 3 heterocycles. The third-order valence-electron chi connectivity index (χ3n) is 4.26. The molecule has 2 aliphatic rings. The van der Waals surface area contributed by atoms with Crippen molar-refractivity contribution in [2.75, 3.05) is 39.3 Å². The van der Waals surface area contributed by atoms with Crippen LogP contribution in [0.4, 0.5) is 0 Å². The molecule has 0 aliphatic carbocycles. The molecule has 0 spiro atoms. The van der Waals surface area contributed by atoms with E-state index in [2.05, 4.69) is 4.90 Å². The molecule has 3 rings (SSSR count). The summed E-state index contributed by atoms with van der Waals surface area (Å²) in [7, 11) is -3.25. The van der Waals surface area contributed by atoms with Crippen molar-refractivity contribution < 1.29 is 12.8 Å². The number of piperidine rings is 1. The topological polar surface area (TPSA) is 57.0 Å². The molecule has 0 N–H and O–H groups in total. The minimum atomic E-state index is -3.25. The fourth-order valence-electron chi connectivity index (χ4n) is 3.00. The van der Waals surface area contributed by atoms with E-state index < -0.39 is 10.2 Å². The van der Waals surface area contributed by atoms with E-state index in [1.54, 1.807) is 14.9 Å². The maximum Gasteiger partial charge on any atom is 0.282 e. The van der Waals surface area contributed by atoms with Crippen molar-refractivity contribution in [2.24, 2.45) is 0 Å². The smallest absolute Gasteiger partial charge is 0.282 e. The molecule has 0 saturated carbocycles. The molecule has 21 heavy (non-hydrogen) atoms. The van der Waals surface area contributed by atoms with E-state index in [-0.39, 0.29) is 0 Å². The molecule has 118 valence electrons. The monoisotopic (exact) mass is 313 g/mol. The molecule has 1 aromatic rings. The van der Waals surface area contributed by atoms with Crippen molar-refractivity contribution in [2.45, 2.75) is 25.8 Å². The van der Waals surface area contributed by atoms with E-state index in [1.807, 2.05) is 12.1 Å². The van der Waals surface area contributed by atoms with Crippen LogP contribution in [0.15, 0.2) is 22.8 Å². The minimum Gasteiger partial charge on any atom is -0.468 e. The van der Waals surface area contributed by atoms with Crippen LogP contribution in [0.2, 0.25) is 0 Å². The Bertz CT molecular complexity index is 530. The summed E-state index contributed by atoms with van der Waals surface area (Å²) in [5.74, 6) is 0.933. The van der Waals surface area contributed by atoms with Gasteiger partial charge in [-0.05, 0) is 25.0 Å². The predicted molar refractivity (Wildman–Crippen MR) is 79.9 cm³/mol. The van der Waals surface area contributed by atoms with Crippen LogP contribution in [0.5, 0.6) is 0 Å². The zero-order chi connectivity index (χ0) is 14.7. The first-order valence-corrected chi connectivity index (χ1v) is 9.06. The van der Waals surface area contributed by atoms with Crippen molar-refractivity contribution in [3.05, 3.63) is 24.2 Å². The number of furan rings is 1. The molecule has 2 aliphatic heterocycles. The first kappa shape index (κ1) is 15.0. The Morgan fingerprint density at radius 3 is 2.24 bits per heavy atom. The minimum absolute atomic E-state index is 0.569. The summed E-state index contributed by atoms with van der Waals surface area (Å²) in [6.45, 7) is 4.76. The summed E-state index contributed by atoms with van der Waals surface area (Å²) in [6, 6.07) is 3.84. The Balaban J connectivity index is 1.55. The van der Waals surface area contributed by atoms with Crippen LogP contribution in [-0.4, -0.2) is 61.2 Å². The first-order valence-electron chi connectivity index (χ1n) is 7.66. The second-order valence-electron chi connectivity index (χ2n) is 5.72. The van der Waals surface area contributed by atoms with E-state index >= 15 is 0 Å². The maximum atomic E-state index is 12.6. The van der Waals surface area contributed by atoms with E-state index in [9.17, 15) is 8.42 Å². The molecule has 7 heteroatoms. The molecule has 0 radical (unpaired) electrons. The van der Waals surface area contributed by atoms with Gasteiger partial charge in [0.05, 0.1) is 12.8 Å². The molecule has 0 atom stereocenters. The normalized spacial score (nSPS) is 23.4. The lowest BCUT2D eigenvalue weighted by Crippen LogP contribution is -2.53. The third kappa shape index (κ3) is 3.48. The summed E-state index contributed by atoms with van der Waals surface area (Å²) in [5.41, 5.74) is 0. The first-order chi connectivity index (χ1) is 10.2. The second kappa shape index (κ2) is 6.48. The lowest BCUT2D eigenvalue weighted by molar-refractivity contribution is 0.163. The quantitative estimate of drug-likeness (QED) is 0.836. The van der Waals surface area contributed by atoms with Crippen molar-refractivity contribution in [1.29, 1.82) is 0 Å². The predicted octanol–water partition coefficient (Wildman–Crippen LogP) is 1.13. The van der Waals surface area contributed by atoms with E-state index in [1.165, 1.54) is 0 Å². The molecular weight excluding hydrogens is 290 g/mol. The van der Waals surface area contributed by atoms with Crippen LogP contribution in [-0.2, 0) is 16.8 Å². The van der Waals surface area contributed by atoms with Gasteiger partial charge in [0.1, 0.15) is 5.76 Å². The number of nitrogens with zero attached hydrogens (tertiary/aromatic N) is 3. The highest BCUT2D eigenvalue weighted by Crippen LogP contribution is 2.18. The standard InChI is InChI=1S/C14H23N3O3S/c18-21(19,16-6-2-1-3-7-16)17-10-8-15(9-11-17)13-14-5-4-12-20-14/h4-5,12H,1-3,6-11,13H2. The van der Waals surface area contributed by atoms with Crippen molar-refractivity contribution in [3.8, 4) is 0 Å². The van der Waals surface area contributed by atoms with Gasteiger partial charge in [-0.1, -0.05) is 6.42 Å². The van der Waals surface area contributed by atoms with Crippen molar-refractivity contribution >= 4 is 10.2 Å². The maximum absolute atomic E-state index is 12.6. The van der Waals surface area contributed by atoms with Gasteiger partial charge < -0.3 is 4.42 Å². The molecule has 0 aromatic carbocycles. The lowest BCUT2D eigenvalue weighted by Gasteiger charge is -2.37. The summed E-state index contributed by atoms with van der Waals surface area (Å²) in [4.78, 5) is 2.24. The zero-order valence-corrected chi connectivity index (χ0v) is 13.1. The van der Waals surface area contributed by atoms with Gasteiger partial charge in [0.25, 0.3) is 10.2 Å². The van der Waals surface area contributed by atoms with E-state index in [0.29, 0.717) is 26.2 Å². The van der Waals surface area contributed by atoms with E-state index in [0.717, 1.165) is 44.7 Å². The highest BCUT2D eigenvalue weighted by atomic mass is 32.2. The summed E-state index contributed by atoms with van der Waals surface area (Å²) < 4.78 is 33.8. The lowest BCUT2D eigenvalue weighted by atomic mass is 10.2. The molecule has 6 nitrogen and oxygen atoms in total. The number of rotatable bonds is 4. The fraction of sp³-hybridized carbons (Fsp3) is 0.714. The number of piperazine rings is 1. The van der Waals surface area contributed by atoms with Crippen molar-refractivity contribution in [1.82, 2.24) is 13.5 Å². The Kier molecular flexibility index (Phi) is 4.63. The molecule has 0 unspecified atom stereocenters. The summed E-state index contributed by atoms with van der Waals surface area (Å²) >= 11 is 0. The van der Waals surface area contributed by atoms with Gasteiger partial charge in [-0.15, -0.1) is 0 Å². The average Bonchev–Trinajstić information content (AvgIpc) is 3.02. The second-order valence-corrected chi connectivity index (χ2v) is 7.65. The van der Waals surface area contributed by atoms with Gasteiger partial charge in [0, 0.05) is 39.3 Å². The number of hydrogen-bond acceptors (Lipinski definition) is 4. The van der Waals surface area contributed by atoms with Crippen LogP contribution in [0.25, 0.3) is 0 Å². The Labute approximate surface area is 126 Å². The molecule has 2 saturated heterocycles. The van der Waals surface area contributed by atoms with Gasteiger partial charge in [0.2, 0.25) is 0 Å². The fourth-order valence-corrected chi connectivity index (χ4v) is 4.67. The van der Waals surface area contributed by atoms with Gasteiger partial charge >= 0.3 is 0 Å². The Morgan fingerprint density at radius 1 is 0.952 bits per heavy atom. The summed E-state index contributed by atoms with van der Waals surface area (Å²) in [6.07, 6.45) is 4.78. The summed E-state index contributed by atoms with van der Waals surface area (Å²) in [5, 5.41) is 0. The van der Waals surface area contributed by atoms with Gasteiger partial charge in [-0.25, -0.2) is 0 Å². The zero-order valence-electron chi connectivity index (χ0n) is 12.3. The Hall–Kier alpha value is -0.890. The molecule has 1 aromatic heterocycles. The van der Waals surface area contributed by atoms with Crippen LogP contribution in [0.1, 0.15) is 25.0 Å². The van der Waals surface area contributed by atoms with Crippen LogP contribution in [0, 0.1) is 0 Å². The molecular formula is C14H23N3O3S. The van der Waals surface area contributed by atoms with Crippen LogP contribution < -0.4 is 0 Å². The van der Waals surface area contributed by atoms with Gasteiger partial charge in [0.15, 0.2) is 0 Å².